The number of rotatable bonds is 4. The number of aryl methyl sites for hydroxylation is 2. The maximum absolute atomic E-state index is 12.4. The van der Waals surface area contributed by atoms with Gasteiger partial charge in [-0.25, -0.2) is 0 Å². The quantitative estimate of drug-likeness (QED) is 0.886. The molecule has 0 aromatic carbocycles. The number of carbonyl (C=O) groups excluding carboxylic acids is 2. The van der Waals surface area contributed by atoms with E-state index in [0.717, 1.165) is 17.0 Å². The maximum Gasteiger partial charge on any atom is 0.253 e. The second kappa shape index (κ2) is 7.86. The first-order chi connectivity index (χ1) is 12.4. The van der Waals surface area contributed by atoms with Gasteiger partial charge in [-0.2, -0.15) is 0 Å². The number of amides is 2. The number of likely N-dealkylation sites (tertiary alicyclic amines) is 1. The van der Waals surface area contributed by atoms with Crippen molar-refractivity contribution >= 4 is 23.4 Å². The highest BCUT2D eigenvalue weighted by molar-refractivity contribution is 6.30. The van der Waals surface area contributed by atoms with E-state index in [0.29, 0.717) is 42.9 Å². The second-order valence-corrected chi connectivity index (χ2v) is 6.94. The molecule has 0 radical (unpaired) electrons. The summed E-state index contributed by atoms with van der Waals surface area (Å²) in [5.74, 6) is 0.584. The van der Waals surface area contributed by atoms with Crippen molar-refractivity contribution in [3.8, 4) is 0 Å². The van der Waals surface area contributed by atoms with Gasteiger partial charge in [-0.3, -0.25) is 14.6 Å². The Balaban J connectivity index is 1.62. The third-order valence-electron chi connectivity index (χ3n) is 4.64. The molecule has 1 unspecified atom stereocenters. The molecule has 0 saturated carbocycles. The molecule has 1 N–H and O–H groups in total. The van der Waals surface area contributed by atoms with Gasteiger partial charge in [-0.1, -0.05) is 16.8 Å². The lowest BCUT2D eigenvalue weighted by Crippen LogP contribution is -2.36. The lowest BCUT2D eigenvalue weighted by Gasteiger charge is -2.21. The Morgan fingerprint density at radius 3 is 2.88 bits per heavy atom. The maximum atomic E-state index is 12.4. The first-order valence-corrected chi connectivity index (χ1v) is 8.92. The topological polar surface area (TPSA) is 88.3 Å². The van der Waals surface area contributed by atoms with E-state index in [9.17, 15) is 9.59 Å². The molecule has 1 atom stereocenters. The van der Waals surface area contributed by atoms with E-state index in [1.165, 1.54) is 12.4 Å². The third-order valence-corrected chi connectivity index (χ3v) is 4.85. The van der Waals surface area contributed by atoms with Crippen LogP contribution < -0.4 is 5.32 Å². The number of hydrogen-bond donors (Lipinski definition) is 1. The first-order valence-electron chi connectivity index (χ1n) is 8.55. The third kappa shape index (κ3) is 4.22. The lowest BCUT2D eigenvalue weighted by molar-refractivity contribution is -0.131. The van der Waals surface area contributed by atoms with Crippen molar-refractivity contribution in [2.75, 3.05) is 6.54 Å². The number of halogens is 1. The van der Waals surface area contributed by atoms with Crippen LogP contribution in [0.25, 0.3) is 0 Å². The molecule has 1 aliphatic heterocycles. The molecule has 26 heavy (non-hydrogen) atoms. The summed E-state index contributed by atoms with van der Waals surface area (Å²) < 4.78 is 5.17. The van der Waals surface area contributed by atoms with Crippen LogP contribution >= 0.6 is 11.6 Å². The average molecular weight is 377 g/mol. The van der Waals surface area contributed by atoms with E-state index in [1.54, 1.807) is 11.0 Å². The molecule has 1 aliphatic rings. The molecule has 3 rings (SSSR count). The zero-order chi connectivity index (χ0) is 18.7. The highest BCUT2D eigenvalue weighted by atomic mass is 35.5. The highest BCUT2D eigenvalue weighted by Gasteiger charge is 2.25. The normalized spacial score (nSPS) is 17.9. The molecule has 0 bridgehead atoms. The minimum atomic E-state index is -0.225. The van der Waals surface area contributed by atoms with Crippen LogP contribution in [0.4, 0.5) is 0 Å². The van der Waals surface area contributed by atoms with Crippen molar-refractivity contribution < 1.29 is 14.1 Å². The van der Waals surface area contributed by atoms with E-state index in [1.807, 2.05) is 13.8 Å². The highest BCUT2D eigenvalue weighted by Crippen LogP contribution is 2.20. The van der Waals surface area contributed by atoms with E-state index in [2.05, 4.69) is 15.5 Å². The first kappa shape index (κ1) is 18.4. The second-order valence-electron chi connectivity index (χ2n) is 6.51. The van der Waals surface area contributed by atoms with Crippen LogP contribution in [0.3, 0.4) is 0 Å². The molecule has 2 amide bonds. The molecule has 2 aromatic heterocycles. The van der Waals surface area contributed by atoms with E-state index in [4.69, 9.17) is 16.1 Å². The molecular weight excluding hydrogens is 356 g/mol. The smallest absolute Gasteiger partial charge is 0.253 e. The van der Waals surface area contributed by atoms with Crippen molar-refractivity contribution in [2.24, 2.45) is 0 Å². The van der Waals surface area contributed by atoms with Gasteiger partial charge in [0.2, 0.25) is 5.91 Å². The molecular formula is C18H21ClN4O3. The molecule has 3 heterocycles. The Kier molecular flexibility index (Phi) is 5.56. The molecule has 7 nitrogen and oxygen atoms in total. The summed E-state index contributed by atoms with van der Waals surface area (Å²) in [6.45, 7) is 4.77. The Labute approximate surface area is 156 Å². The Bertz CT molecular complexity index is 801. The van der Waals surface area contributed by atoms with Gasteiger partial charge in [0.05, 0.1) is 22.8 Å². The van der Waals surface area contributed by atoms with Crippen molar-refractivity contribution in [3.63, 3.8) is 0 Å². The molecule has 8 heteroatoms. The van der Waals surface area contributed by atoms with Crippen molar-refractivity contribution in [1.82, 2.24) is 20.4 Å². The van der Waals surface area contributed by atoms with Gasteiger partial charge >= 0.3 is 0 Å². The molecule has 1 saturated heterocycles. The fraction of sp³-hybridized carbons (Fsp3) is 0.444. The zero-order valence-electron chi connectivity index (χ0n) is 14.8. The summed E-state index contributed by atoms with van der Waals surface area (Å²) in [6.07, 6.45) is 4.65. The van der Waals surface area contributed by atoms with Gasteiger partial charge in [0, 0.05) is 37.0 Å². The summed E-state index contributed by atoms with van der Waals surface area (Å²) in [5, 5.41) is 7.33. The van der Waals surface area contributed by atoms with Crippen LogP contribution in [0, 0.1) is 13.8 Å². The van der Waals surface area contributed by atoms with Crippen molar-refractivity contribution in [1.29, 1.82) is 0 Å². The number of nitrogens with one attached hydrogen (secondary N) is 1. The van der Waals surface area contributed by atoms with Gasteiger partial charge in [-0.15, -0.1) is 0 Å². The average Bonchev–Trinajstić information content (AvgIpc) is 2.82. The summed E-state index contributed by atoms with van der Waals surface area (Å²) in [6, 6.07) is 1.51. The fourth-order valence-corrected chi connectivity index (χ4v) is 3.25. The molecule has 0 spiro atoms. The van der Waals surface area contributed by atoms with Crippen LogP contribution in [-0.4, -0.2) is 39.4 Å². The zero-order valence-corrected chi connectivity index (χ0v) is 15.5. The summed E-state index contributed by atoms with van der Waals surface area (Å²) in [5.41, 5.74) is 2.17. The van der Waals surface area contributed by atoms with Gasteiger partial charge in [0.1, 0.15) is 5.76 Å². The lowest BCUT2D eigenvalue weighted by atomic mass is 10.1. The summed E-state index contributed by atoms with van der Waals surface area (Å²) in [4.78, 5) is 30.5. The largest absolute Gasteiger partial charge is 0.361 e. The monoisotopic (exact) mass is 376 g/mol. The van der Waals surface area contributed by atoms with Crippen LogP contribution in [0.1, 0.15) is 46.6 Å². The predicted molar refractivity (Wildman–Crippen MR) is 95.7 cm³/mol. The minimum absolute atomic E-state index is 0.0694. The molecule has 2 aromatic rings. The number of aromatic nitrogens is 2. The van der Waals surface area contributed by atoms with E-state index in [-0.39, 0.29) is 17.9 Å². The van der Waals surface area contributed by atoms with E-state index >= 15 is 0 Å². The number of pyridine rings is 1. The van der Waals surface area contributed by atoms with Crippen LogP contribution in [0.5, 0.6) is 0 Å². The number of hydrogen-bond acceptors (Lipinski definition) is 5. The van der Waals surface area contributed by atoms with Crippen LogP contribution in [0.15, 0.2) is 23.0 Å². The molecule has 138 valence electrons. The molecule has 1 fully saturated rings. The van der Waals surface area contributed by atoms with Crippen LogP contribution in [0.2, 0.25) is 5.02 Å². The van der Waals surface area contributed by atoms with Gasteiger partial charge < -0.3 is 14.7 Å². The van der Waals surface area contributed by atoms with Crippen molar-refractivity contribution in [2.45, 2.75) is 45.7 Å². The fourth-order valence-electron chi connectivity index (χ4n) is 3.07. The number of nitrogens with zero attached hydrogens (tertiary/aromatic N) is 3. The standard InChI is InChI=1S/C18H21ClN4O3/c1-11-16(12(2)26-22-11)10-23-6-5-15(3-4-17(23)24)21-18(25)13-7-14(19)9-20-8-13/h7-9,15H,3-6,10H2,1-2H3,(H,21,25). The summed E-state index contributed by atoms with van der Waals surface area (Å²) >= 11 is 5.88. The van der Waals surface area contributed by atoms with Gasteiger partial charge in [0.25, 0.3) is 5.91 Å². The van der Waals surface area contributed by atoms with E-state index < -0.39 is 0 Å². The Morgan fingerprint density at radius 2 is 2.19 bits per heavy atom. The Morgan fingerprint density at radius 1 is 1.38 bits per heavy atom. The van der Waals surface area contributed by atoms with Gasteiger partial charge in [-0.05, 0) is 32.8 Å². The minimum Gasteiger partial charge on any atom is -0.361 e. The molecule has 0 aliphatic carbocycles. The predicted octanol–water partition coefficient (Wildman–Crippen LogP) is 2.65. The SMILES string of the molecule is Cc1noc(C)c1CN1CCC(NC(=O)c2cncc(Cl)c2)CCC1=O. The summed E-state index contributed by atoms with van der Waals surface area (Å²) in [7, 11) is 0. The number of carbonyl (C=O) groups is 2. The van der Waals surface area contributed by atoms with Crippen molar-refractivity contribution in [3.05, 3.63) is 46.1 Å². The Hall–Kier alpha value is -2.41. The van der Waals surface area contributed by atoms with Crippen LogP contribution in [-0.2, 0) is 11.3 Å². The van der Waals surface area contributed by atoms with Gasteiger partial charge in [0.15, 0.2) is 0 Å².